The van der Waals surface area contributed by atoms with Gasteiger partial charge in [-0.3, -0.25) is 0 Å². The first-order chi connectivity index (χ1) is 2.27. The van der Waals surface area contributed by atoms with Crippen LogP contribution in [-0.4, -0.2) is 11.1 Å². The fourth-order valence-electron chi connectivity index (χ4n) is 0. The minimum atomic E-state index is -1.85. The van der Waals surface area contributed by atoms with Crippen LogP contribution in [0.15, 0.2) is 0 Å². The van der Waals surface area contributed by atoms with E-state index in [0.29, 0.717) is 6.16 Å². The van der Waals surface area contributed by atoms with Crippen molar-refractivity contribution in [1.82, 2.24) is 0 Å². The lowest BCUT2D eigenvalue weighted by Gasteiger charge is -1.53. The highest BCUT2D eigenvalue weighted by Crippen LogP contribution is 2.08. The van der Waals surface area contributed by atoms with Crippen molar-refractivity contribution in [3.63, 3.8) is 0 Å². The minimum Gasteiger partial charge on any atom is -0.161 e. The summed E-state index contributed by atoms with van der Waals surface area (Å²) in [5, 5.41) is 0. The first-order valence-corrected chi connectivity index (χ1v) is 2.80. The molecule has 0 aliphatic heterocycles. The highest BCUT2D eigenvalue weighted by molar-refractivity contribution is 7.37. The van der Waals surface area contributed by atoms with Crippen LogP contribution in [-0.2, 0) is 4.57 Å². The predicted octanol–water partition coefficient (Wildman–Crippen LogP) is 1.58. The SMILES string of the molecule is CC[P+](=O)O.Cl.Cl. The largest absolute Gasteiger partial charge is 0.505 e. The van der Waals surface area contributed by atoms with Crippen molar-refractivity contribution >= 4 is 32.8 Å². The van der Waals surface area contributed by atoms with Crippen molar-refractivity contribution in [2.45, 2.75) is 6.92 Å². The highest BCUT2D eigenvalue weighted by atomic mass is 35.5. The second kappa shape index (κ2) is 9.81. The van der Waals surface area contributed by atoms with Gasteiger partial charge in [0.15, 0.2) is 6.16 Å². The molecule has 5 heteroatoms. The van der Waals surface area contributed by atoms with E-state index < -0.39 is 8.03 Å². The lowest BCUT2D eigenvalue weighted by atomic mass is 11.0. The first-order valence-electron chi connectivity index (χ1n) is 1.41. The van der Waals surface area contributed by atoms with Gasteiger partial charge in [-0.25, -0.2) is 0 Å². The summed E-state index contributed by atoms with van der Waals surface area (Å²) < 4.78 is 9.52. The first kappa shape index (κ1) is 15.6. The van der Waals surface area contributed by atoms with Gasteiger partial charge < -0.3 is 0 Å². The fraction of sp³-hybridized carbons (Fsp3) is 1.00. The monoisotopic (exact) mass is 165 g/mol. The number of hydrogen-bond acceptors (Lipinski definition) is 1. The maximum absolute atomic E-state index is 9.52. The Hall–Kier alpha value is 0.640. The number of halogens is 2. The van der Waals surface area contributed by atoms with Gasteiger partial charge in [0.25, 0.3) is 0 Å². The van der Waals surface area contributed by atoms with Crippen LogP contribution in [0.3, 0.4) is 0 Å². The van der Waals surface area contributed by atoms with E-state index in [9.17, 15) is 4.57 Å². The third-order valence-electron chi connectivity index (χ3n) is 0.271. The van der Waals surface area contributed by atoms with E-state index in [1.54, 1.807) is 6.92 Å². The second-order valence-electron chi connectivity index (χ2n) is 0.668. The Balaban J connectivity index is -0.0000000800. The maximum atomic E-state index is 9.52. The van der Waals surface area contributed by atoms with Crippen LogP contribution in [0.25, 0.3) is 0 Å². The van der Waals surface area contributed by atoms with Crippen LogP contribution in [0.5, 0.6) is 0 Å². The zero-order valence-corrected chi connectivity index (χ0v) is 6.35. The molecule has 2 nitrogen and oxygen atoms in total. The van der Waals surface area contributed by atoms with Gasteiger partial charge in [0.05, 0.1) is 0 Å². The Kier molecular flexibility index (Phi) is 21.9. The Labute approximate surface area is 56.0 Å². The molecule has 0 aromatic carbocycles. The quantitative estimate of drug-likeness (QED) is 0.600. The molecular weight excluding hydrogens is 158 g/mol. The van der Waals surface area contributed by atoms with Crippen LogP contribution in [0.1, 0.15) is 6.92 Å². The molecule has 1 atom stereocenters. The fourth-order valence-corrected chi connectivity index (χ4v) is 0. The van der Waals surface area contributed by atoms with Gasteiger partial charge in [0, 0.05) is 0 Å². The molecule has 0 saturated heterocycles. The Morgan fingerprint density at radius 3 is 1.71 bits per heavy atom. The minimum absolute atomic E-state index is 0. The average molecular weight is 166 g/mol. The molecule has 0 bridgehead atoms. The van der Waals surface area contributed by atoms with Gasteiger partial charge in [-0.2, -0.15) is 4.89 Å². The second-order valence-corrected chi connectivity index (χ2v) is 2.01. The molecule has 1 N–H and O–H groups in total. The topological polar surface area (TPSA) is 37.3 Å². The summed E-state index contributed by atoms with van der Waals surface area (Å²) in [7, 11) is -1.85. The predicted molar refractivity (Wildman–Crippen MR) is 34.9 cm³/mol. The molecule has 0 heterocycles. The summed E-state index contributed by atoms with van der Waals surface area (Å²) in [5.41, 5.74) is 0. The lowest BCUT2D eigenvalue weighted by Crippen LogP contribution is -1.56. The summed E-state index contributed by atoms with van der Waals surface area (Å²) in [6, 6.07) is 0. The van der Waals surface area contributed by atoms with Gasteiger partial charge in [0.2, 0.25) is 0 Å². The molecule has 0 aliphatic rings. The smallest absolute Gasteiger partial charge is 0.161 e. The molecule has 0 amide bonds. The van der Waals surface area contributed by atoms with E-state index in [-0.39, 0.29) is 24.8 Å². The third kappa shape index (κ3) is 20.5. The average Bonchev–Trinajstić information content (AvgIpc) is 1.38. The van der Waals surface area contributed by atoms with Gasteiger partial charge >= 0.3 is 8.03 Å². The number of hydrogen-bond donors (Lipinski definition) is 1. The molecule has 0 fully saturated rings. The van der Waals surface area contributed by atoms with Crippen molar-refractivity contribution in [1.29, 1.82) is 0 Å². The molecule has 7 heavy (non-hydrogen) atoms. The summed E-state index contributed by atoms with van der Waals surface area (Å²) in [4.78, 5) is 7.87. The molecule has 0 aliphatic carbocycles. The third-order valence-corrected chi connectivity index (χ3v) is 0.812. The van der Waals surface area contributed by atoms with Crippen molar-refractivity contribution < 1.29 is 9.46 Å². The summed E-state index contributed by atoms with van der Waals surface area (Å²) in [6.45, 7) is 1.67. The summed E-state index contributed by atoms with van der Waals surface area (Å²) in [5.74, 6) is 0. The van der Waals surface area contributed by atoms with E-state index in [1.165, 1.54) is 0 Å². The van der Waals surface area contributed by atoms with Crippen LogP contribution in [0.4, 0.5) is 0 Å². The van der Waals surface area contributed by atoms with E-state index in [0.717, 1.165) is 0 Å². The summed E-state index contributed by atoms with van der Waals surface area (Å²) >= 11 is 0. The zero-order valence-electron chi connectivity index (χ0n) is 3.83. The normalized spacial score (nSPS) is 8.00. The molecule has 46 valence electrons. The molecular formula is C2H8Cl2O2P+. The van der Waals surface area contributed by atoms with Crippen molar-refractivity contribution in [2.75, 3.05) is 6.16 Å². The standard InChI is InChI=1S/C2H5O2P.2ClH/c1-2-5(3)4;;/h2H2,1H3;2*1H/p+1. The number of rotatable bonds is 1. The van der Waals surface area contributed by atoms with E-state index in [2.05, 4.69) is 0 Å². The van der Waals surface area contributed by atoms with Crippen LogP contribution in [0.2, 0.25) is 0 Å². The molecule has 0 radical (unpaired) electrons. The van der Waals surface area contributed by atoms with Crippen LogP contribution in [0, 0.1) is 0 Å². The van der Waals surface area contributed by atoms with Gasteiger partial charge in [-0.1, -0.05) is 0 Å². The summed E-state index contributed by atoms with van der Waals surface area (Å²) in [6.07, 6.45) is 0.370. The lowest BCUT2D eigenvalue weighted by molar-refractivity contribution is 0.504. The molecule has 0 aromatic heterocycles. The Morgan fingerprint density at radius 1 is 1.57 bits per heavy atom. The van der Waals surface area contributed by atoms with Gasteiger partial charge in [-0.15, -0.1) is 24.8 Å². The molecule has 1 unspecified atom stereocenters. The van der Waals surface area contributed by atoms with Crippen LogP contribution >= 0.6 is 32.8 Å². The van der Waals surface area contributed by atoms with Crippen LogP contribution < -0.4 is 0 Å². The zero-order chi connectivity index (χ0) is 4.28. The van der Waals surface area contributed by atoms with Crippen molar-refractivity contribution in [2.24, 2.45) is 0 Å². The van der Waals surface area contributed by atoms with Crippen molar-refractivity contribution in [3.8, 4) is 0 Å². The molecule has 0 spiro atoms. The molecule has 0 aromatic rings. The van der Waals surface area contributed by atoms with Gasteiger partial charge in [0.1, 0.15) is 0 Å². The Morgan fingerprint density at radius 2 is 1.71 bits per heavy atom. The van der Waals surface area contributed by atoms with E-state index in [1.807, 2.05) is 0 Å². The van der Waals surface area contributed by atoms with Crippen molar-refractivity contribution in [3.05, 3.63) is 0 Å². The van der Waals surface area contributed by atoms with E-state index >= 15 is 0 Å². The highest BCUT2D eigenvalue weighted by Gasteiger charge is 1.98. The Bertz CT molecular complexity index is 49.0. The van der Waals surface area contributed by atoms with Gasteiger partial charge in [-0.05, 0) is 11.5 Å². The van der Waals surface area contributed by atoms with E-state index in [4.69, 9.17) is 4.89 Å². The molecule has 0 saturated carbocycles. The maximum Gasteiger partial charge on any atom is 0.505 e. The molecule has 0 rings (SSSR count).